The van der Waals surface area contributed by atoms with Crippen LogP contribution in [0.25, 0.3) is 0 Å². The van der Waals surface area contributed by atoms with E-state index in [9.17, 15) is 5.11 Å². The number of rotatable bonds is 4. The molecular formula is C15H22O. The van der Waals surface area contributed by atoms with Crippen LogP contribution in [0.15, 0.2) is 24.8 Å². The second kappa shape index (κ2) is 5.20. The van der Waals surface area contributed by atoms with Gasteiger partial charge in [-0.15, -0.1) is 6.58 Å². The Morgan fingerprint density at radius 1 is 1.12 bits per heavy atom. The monoisotopic (exact) mass is 218 g/mol. The minimum absolute atomic E-state index is 0.349. The van der Waals surface area contributed by atoms with E-state index in [0.29, 0.717) is 17.6 Å². The van der Waals surface area contributed by atoms with E-state index in [0.717, 1.165) is 17.5 Å². The Morgan fingerprint density at radius 3 is 1.88 bits per heavy atom. The first-order chi connectivity index (χ1) is 7.47. The first kappa shape index (κ1) is 12.8. The van der Waals surface area contributed by atoms with Crippen LogP contribution in [0.5, 0.6) is 5.75 Å². The van der Waals surface area contributed by atoms with Crippen molar-refractivity contribution in [2.45, 2.75) is 46.0 Å². The van der Waals surface area contributed by atoms with Gasteiger partial charge < -0.3 is 5.11 Å². The molecule has 0 unspecified atom stereocenters. The van der Waals surface area contributed by atoms with Crippen molar-refractivity contribution in [3.05, 3.63) is 41.5 Å². The molecule has 1 aromatic rings. The second-order valence-corrected chi connectivity index (χ2v) is 4.93. The third-order valence-corrected chi connectivity index (χ3v) is 2.85. The maximum absolute atomic E-state index is 10.2. The number of hydrogen-bond acceptors (Lipinski definition) is 1. The van der Waals surface area contributed by atoms with Crippen LogP contribution >= 0.6 is 0 Å². The molecule has 0 aliphatic rings. The molecule has 0 bridgehead atoms. The van der Waals surface area contributed by atoms with E-state index in [1.54, 1.807) is 0 Å². The molecule has 0 aromatic heterocycles. The lowest BCUT2D eigenvalue weighted by Crippen LogP contribution is -1.98. The second-order valence-electron chi connectivity index (χ2n) is 4.93. The molecule has 1 nitrogen and oxygen atoms in total. The fourth-order valence-electron chi connectivity index (χ4n) is 1.91. The number of phenols is 1. The van der Waals surface area contributed by atoms with E-state index in [-0.39, 0.29) is 0 Å². The van der Waals surface area contributed by atoms with Gasteiger partial charge >= 0.3 is 0 Å². The van der Waals surface area contributed by atoms with Gasteiger partial charge in [0.15, 0.2) is 0 Å². The van der Waals surface area contributed by atoms with Gasteiger partial charge in [0.2, 0.25) is 0 Å². The van der Waals surface area contributed by atoms with Gasteiger partial charge in [-0.3, -0.25) is 0 Å². The van der Waals surface area contributed by atoms with Crippen molar-refractivity contribution in [2.75, 3.05) is 0 Å². The summed E-state index contributed by atoms with van der Waals surface area (Å²) in [5.41, 5.74) is 3.33. The first-order valence-electron chi connectivity index (χ1n) is 5.94. The van der Waals surface area contributed by atoms with Gasteiger partial charge in [-0.2, -0.15) is 0 Å². The van der Waals surface area contributed by atoms with E-state index in [4.69, 9.17) is 0 Å². The highest BCUT2D eigenvalue weighted by Crippen LogP contribution is 2.34. The summed E-state index contributed by atoms with van der Waals surface area (Å²) >= 11 is 0. The van der Waals surface area contributed by atoms with Crippen LogP contribution in [0, 0.1) is 0 Å². The third kappa shape index (κ3) is 2.66. The standard InChI is InChI=1S/C15H22O/c1-6-7-12-8-13(10(2)3)15(16)14(9-12)11(4)5/h6,8-11,16H,1,7H2,2-5H3. The SMILES string of the molecule is C=CCc1cc(C(C)C)c(O)c(C(C)C)c1. The average molecular weight is 218 g/mol. The molecule has 1 heteroatoms. The summed E-state index contributed by atoms with van der Waals surface area (Å²) in [6.45, 7) is 12.2. The molecule has 0 atom stereocenters. The smallest absolute Gasteiger partial charge is 0.122 e. The highest BCUT2D eigenvalue weighted by molar-refractivity contribution is 5.47. The van der Waals surface area contributed by atoms with Crippen molar-refractivity contribution in [1.29, 1.82) is 0 Å². The van der Waals surface area contributed by atoms with E-state index >= 15 is 0 Å². The molecule has 0 fully saturated rings. The van der Waals surface area contributed by atoms with Crippen molar-refractivity contribution in [3.63, 3.8) is 0 Å². The van der Waals surface area contributed by atoms with Crippen LogP contribution in [0.4, 0.5) is 0 Å². The molecule has 1 rings (SSSR count). The van der Waals surface area contributed by atoms with E-state index in [1.807, 2.05) is 6.08 Å². The van der Waals surface area contributed by atoms with Gasteiger partial charge in [0.25, 0.3) is 0 Å². The van der Waals surface area contributed by atoms with Crippen LogP contribution in [-0.4, -0.2) is 5.11 Å². The number of benzene rings is 1. The number of phenolic OH excluding ortho intramolecular Hbond substituents is 1. The molecule has 0 radical (unpaired) electrons. The molecule has 16 heavy (non-hydrogen) atoms. The van der Waals surface area contributed by atoms with Crippen LogP contribution < -0.4 is 0 Å². The fraction of sp³-hybridized carbons (Fsp3) is 0.467. The minimum atomic E-state index is 0.349. The Labute approximate surface area is 98.8 Å². The Hall–Kier alpha value is -1.24. The average Bonchev–Trinajstić information content (AvgIpc) is 2.19. The Bertz CT molecular complexity index is 346. The van der Waals surface area contributed by atoms with Gasteiger partial charge in [-0.05, 0) is 34.9 Å². The van der Waals surface area contributed by atoms with E-state index < -0.39 is 0 Å². The van der Waals surface area contributed by atoms with Crippen molar-refractivity contribution in [1.82, 2.24) is 0 Å². The van der Waals surface area contributed by atoms with Gasteiger partial charge in [-0.25, -0.2) is 0 Å². The summed E-state index contributed by atoms with van der Waals surface area (Å²) in [5.74, 6) is 1.17. The quantitative estimate of drug-likeness (QED) is 0.744. The molecule has 0 aliphatic carbocycles. The third-order valence-electron chi connectivity index (χ3n) is 2.85. The van der Waals surface area contributed by atoms with Gasteiger partial charge in [0.05, 0.1) is 0 Å². The zero-order chi connectivity index (χ0) is 12.3. The topological polar surface area (TPSA) is 20.2 Å². The summed E-state index contributed by atoms with van der Waals surface area (Å²) in [6.07, 6.45) is 2.76. The maximum Gasteiger partial charge on any atom is 0.122 e. The number of hydrogen-bond donors (Lipinski definition) is 1. The predicted molar refractivity (Wildman–Crippen MR) is 70.2 cm³/mol. The molecule has 0 saturated heterocycles. The molecule has 1 N–H and O–H groups in total. The summed E-state index contributed by atoms with van der Waals surface area (Å²) < 4.78 is 0. The zero-order valence-corrected chi connectivity index (χ0v) is 10.7. The Morgan fingerprint density at radius 2 is 1.56 bits per heavy atom. The lowest BCUT2D eigenvalue weighted by molar-refractivity contribution is 0.454. The van der Waals surface area contributed by atoms with Crippen LogP contribution in [0.2, 0.25) is 0 Å². The van der Waals surface area contributed by atoms with Crippen LogP contribution in [0.3, 0.4) is 0 Å². The van der Waals surface area contributed by atoms with E-state index in [2.05, 4.69) is 46.4 Å². The molecule has 1 aromatic carbocycles. The van der Waals surface area contributed by atoms with E-state index in [1.165, 1.54) is 5.56 Å². The van der Waals surface area contributed by atoms with Crippen LogP contribution in [0.1, 0.15) is 56.2 Å². The highest BCUT2D eigenvalue weighted by atomic mass is 16.3. The Balaban J connectivity index is 3.32. The maximum atomic E-state index is 10.2. The lowest BCUT2D eigenvalue weighted by atomic mass is 9.91. The predicted octanol–water partition coefficient (Wildman–Crippen LogP) is 4.37. The molecule has 0 heterocycles. The first-order valence-corrected chi connectivity index (χ1v) is 5.94. The molecular weight excluding hydrogens is 196 g/mol. The van der Waals surface area contributed by atoms with Crippen LogP contribution in [-0.2, 0) is 6.42 Å². The number of allylic oxidation sites excluding steroid dienone is 1. The van der Waals surface area contributed by atoms with Crippen molar-refractivity contribution >= 4 is 0 Å². The largest absolute Gasteiger partial charge is 0.507 e. The van der Waals surface area contributed by atoms with Gasteiger partial charge in [0.1, 0.15) is 5.75 Å². The molecule has 0 aliphatic heterocycles. The molecule has 0 amide bonds. The molecule has 0 saturated carbocycles. The van der Waals surface area contributed by atoms with Gasteiger partial charge in [-0.1, -0.05) is 45.9 Å². The molecule has 88 valence electrons. The number of aromatic hydroxyl groups is 1. The zero-order valence-electron chi connectivity index (χ0n) is 10.7. The Kier molecular flexibility index (Phi) is 4.17. The van der Waals surface area contributed by atoms with Crippen molar-refractivity contribution in [3.8, 4) is 5.75 Å². The van der Waals surface area contributed by atoms with Crippen molar-refractivity contribution in [2.24, 2.45) is 0 Å². The van der Waals surface area contributed by atoms with Crippen molar-refractivity contribution < 1.29 is 5.11 Å². The molecule has 0 spiro atoms. The summed E-state index contributed by atoms with van der Waals surface area (Å²) in [7, 11) is 0. The fourth-order valence-corrected chi connectivity index (χ4v) is 1.91. The summed E-state index contributed by atoms with van der Waals surface area (Å²) in [5, 5.41) is 10.2. The minimum Gasteiger partial charge on any atom is -0.507 e. The summed E-state index contributed by atoms with van der Waals surface area (Å²) in [4.78, 5) is 0. The van der Waals surface area contributed by atoms with Gasteiger partial charge in [0, 0.05) is 0 Å². The summed E-state index contributed by atoms with van der Waals surface area (Å²) in [6, 6.07) is 4.18. The highest BCUT2D eigenvalue weighted by Gasteiger charge is 2.14. The normalized spacial score (nSPS) is 11.1. The lowest BCUT2D eigenvalue weighted by Gasteiger charge is -2.17.